The van der Waals surface area contributed by atoms with Gasteiger partial charge in [0.15, 0.2) is 0 Å². The molecular formula is C26H24N2O5. The van der Waals surface area contributed by atoms with E-state index in [4.69, 9.17) is 9.15 Å². The van der Waals surface area contributed by atoms with E-state index in [1.54, 1.807) is 36.4 Å². The maximum absolute atomic E-state index is 12.7. The van der Waals surface area contributed by atoms with Crippen LogP contribution in [0.15, 0.2) is 76.8 Å². The molecule has 7 nitrogen and oxygen atoms in total. The third-order valence-electron chi connectivity index (χ3n) is 5.20. The summed E-state index contributed by atoms with van der Waals surface area (Å²) in [6, 6.07) is 19.2. The number of hydrogen-bond acceptors (Lipinski definition) is 5. The van der Waals surface area contributed by atoms with Crippen molar-refractivity contribution in [2.24, 2.45) is 0 Å². The van der Waals surface area contributed by atoms with Gasteiger partial charge >= 0.3 is 12.0 Å². The molecule has 0 aliphatic carbocycles. The molecule has 3 aromatic rings. The zero-order valence-electron chi connectivity index (χ0n) is 18.2. The number of benzene rings is 2. The Hall–Kier alpha value is -4.13. The van der Waals surface area contributed by atoms with Crippen LogP contribution < -0.4 is 5.32 Å². The molecule has 1 aliphatic rings. The molecule has 7 heteroatoms. The first-order valence-corrected chi connectivity index (χ1v) is 10.8. The van der Waals surface area contributed by atoms with Gasteiger partial charge in [-0.1, -0.05) is 55.8 Å². The molecule has 0 radical (unpaired) electrons. The third kappa shape index (κ3) is 5.20. The van der Waals surface area contributed by atoms with Crippen LogP contribution in [0.3, 0.4) is 0 Å². The predicted molar refractivity (Wildman–Crippen MR) is 123 cm³/mol. The molecule has 2 aromatic carbocycles. The molecule has 0 atom stereocenters. The highest BCUT2D eigenvalue weighted by Crippen LogP contribution is 2.25. The van der Waals surface area contributed by atoms with Crippen molar-refractivity contribution in [3.05, 3.63) is 89.3 Å². The lowest BCUT2D eigenvalue weighted by Crippen LogP contribution is -2.30. The standard InChI is InChI=1S/C26H24N2O5/c1-2-3-15-32-25(30)20-11-9-19(10-12-20)23-14-13-21(33-23)16-22-24(29)28(26(31)27-22)17-18-7-5-4-6-8-18/h4-14,16H,2-3,15,17H2,1H3,(H,27,31)/b22-16+. The average Bonchev–Trinajstić information content (AvgIpc) is 3.40. The number of carbonyl (C=O) groups excluding carboxylic acids is 3. The molecule has 168 valence electrons. The highest BCUT2D eigenvalue weighted by Gasteiger charge is 2.33. The fourth-order valence-electron chi connectivity index (χ4n) is 3.37. The van der Waals surface area contributed by atoms with Gasteiger partial charge in [0.2, 0.25) is 0 Å². The van der Waals surface area contributed by atoms with E-state index in [1.165, 1.54) is 6.08 Å². The summed E-state index contributed by atoms with van der Waals surface area (Å²) in [5.41, 5.74) is 2.26. The van der Waals surface area contributed by atoms with Crippen LogP contribution in [-0.4, -0.2) is 29.4 Å². The lowest BCUT2D eigenvalue weighted by atomic mass is 10.1. The van der Waals surface area contributed by atoms with E-state index in [0.717, 1.165) is 28.9 Å². The Morgan fingerprint density at radius 3 is 2.52 bits per heavy atom. The Labute approximate surface area is 191 Å². The number of unbranched alkanes of at least 4 members (excludes halogenated alkanes) is 1. The lowest BCUT2D eigenvalue weighted by Gasteiger charge is -2.11. The van der Waals surface area contributed by atoms with Crippen molar-refractivity contribution >= 4 is 24.0 Å². The number of ether oxygens (including phenoxy) is 1. The molecule has 0 unspecified atom stereocenters. The molecular weight excluding hydrogens is 420 g/mol. The van der Waals surface area contributed by atoms with E-state index < -0.39 is 11.9 Å². The lowest BCUT2D eigenvalue weighted by molar-refractivity contribution is -0.123. The summed E-state index contributed by atoms with van der Waals surface area (Å²) in [6.07, 6.45) is 3.30. The Balaban J connectivity index is 1.43. The highest BCUT2D eigenvalue weighted by atomic mass is 16.5. The van der Waals surface area contributed by atoms with Gasteiger partial charge in [-0.3, -0.25) is 9.69 Å². The SMILES string of the molecule is CCCCOC(=O)c1ccc(-c2ccc(/C=C3/NC(=O)N(Cc4ccccc4)C3=O)o2)cc1. The van der Waals surface area contributed by atoms with Gasteiger partial charge in [0.05, 0.1) is 18.7 Å². The number of furan rings is 1. The first-order chi connectivity index (χ1) is 16.0. The molecule has 0 saturated carbocycles. The quantitative estimate of drug-likeness (QED) is 0.229. The van der Waals surface area contributed by atoms with Crippen LogP contribution in [-0.2, 0) is 16.1 Å². The largest absolute Gasteiger partial charge is 0.462 e. The summed E-state index contributed by atoms with van der Waals surface area (Å²) < 4.78 is 11.1. The number of nitrogens with one attached hydrogen (secondary N) is 1. The van der Waals surface area contributed by atoms with E-state index >= 15 is 0 Å². The molecule has 2 heterocycles. The molecule has 33 heavy (non-hydrogen) atoms. The summed E-state index contributed by atoms with van der Waals surface area (Å²) in [4.78, 5) is 38.2. The first-order valence-electron chi connectivity index (χ1n) is 10.8. The monoisotopic (exact) mass is 444 g/mol. The number of carbonyl (C=O) groups is 3. The normalized spacial score (nSPS) is 14.6. The van der Waals surface area contributed by atoms with Gasteiger partial charge in [0.1, 0.15) is 17.2 Å². The molecule has 1 N–H and O–H groups in total. The first kappa shape index (κ1) is 22.1. The minimum atomic E-state index is -0.469. The molecule has 1 saturated heterocycles. The minimum absolute atomic E-state index is 0.155. The fraction of sp³-hybridized carbons (Fsp3) is 0.192. The van der Waals surface area contributed by atoms with Gasteiger partial charge < -0.3 is 14.5 Å². The maximum Gasteiger partial charge on any atom is 0.338 e. The van der Waals surface area contributed by atoms with Crippen LogP contribution >= 0.6 is 0 Å². The van der Waals surface area contributed by atoms with Gasteiger partial charge in [-0.05, 0) is 36.2 Å². The highest BCUT2D eigenvalue weighted by molar-refractivity contribution is 6.13. The van der Waals surface area contributed by atoms with Crippen LogP contribution in [0.25, 0.3) is 17.4 Å². The van der Waals surface area contributed by atoms with Crippen LogP contribution in [0.1, 0.15) is 41.4 Å². The number of hydrogen-bond donors (Lipinski definition) is 1. The van der Waals surface area contributed by atoms with Gasteiger partial charge in [0, 0.05) is 11.6 Å². The van der Waals surface area contributed by atoms with E-state index in [9.17, 15) is 14.4 Å². The molecule has 0 bridgehead atoms. The van der Waals surface area contributed by atoms with Gasteiger partial charge in [-0.15, -0.1) is 0 Å². The van der Waals surface area contributed by atoms with Crippen LogP contribution in [0.2, 0.25) is 0 Å². The molecule has 3 amide bonds. The number of nitrogens with zero attached hydrogens (tertiary/aromatic N) is 1. The van der Waals surface area contributed by atoms with E-state index in [2.05, 4.69) is 5.32 Å². The molecule has 1 aliphatic heterocycles. The fourth-order valence-corrected chi connectivity index (χ4v) is 3.37. The topological polar surface area (TPSA) is 88.9 Å². The van der Waals surface area contributed by atoms with Crippen molar-refractivity contribution in [3.63, 3.8) is 0 Å². The van der Waals surface area contributed by atoms with Crippen molar-refractivity contribution in [1.29, 1.82) is 0 Å². The average molecular weight is 444 g/mol. The summed E-state index contributed by atoms with van der Waals surface area (Å²) in [6.45, 7) is 2.64. The van der Waals surface area contributed by atoms with E-state index in [1.807, 2.05) is 37.3 Å². The van der Waals surface area contributed by atoms with Gasteiger partial charge in [-0.25, -0.2) is 9.59 Å². The number of esters is 1. The molecule has 1 fully saturated rings. The maximum atomic E-state index is 12.7. The summed E-state index contributed by atoms with van der Waals surface area (Å²) in [5.74, 6) is 0.243. The van der Waals surface area contributed by atoms with E-state index in [-0.39, 0.29) is 18.2 Å². The van der Waals surface area contributed by atoms with E-state index in [0.29, 0.717) is 23.7 Å². The van der Waals surface area contributed by atoms with Crippen molar-refractivity contribution in [3.8, 4) is 11.3 Å². The second-order valence-electron chi connectivity index (χ2n) is 7.63. The Morgan fingerprint density at radius 1 is 1.03 bits per heavy atom. The summed E-state index contributed by atoms with van der Waals surface area (Å²) in [5, 5.41) is 2.60. The van der Waals surface area contributed by atoms with Gasteiger partial charge in [-0.2, -0.15) is 0 Å². The van der Waals surface area contributed by atoms with Crippen LogP contribution in [0.4, 0.5) is 4.79 Å². The second-order valence-corrected chi connectivity index (χ2v) is 7.63. The summed E-state index contributed by atoms with van der Waals surface area (Å²) in [7, 11) is 0. The molecule has 1 aromatic heterocycles. The van der Waals surface area contributed by atoms with Crippen molar-refractivity contribution in [1.82, 2.24) is 10.2 Å². The summed E-state index contributed by atoms with van der Waals surface area (Å²) >= 11 is 0. The van der Waals surface area contributed by atoms with Crippen molar-refractivity contribution in [2.45, 2.75) is 26.3 Å². The third-order valence-corrected chi connectivity index (χ3v) is 5.20. The van der Waals surface area contributed by atoms with Crippen molar-refractivity contribution < 1.29 is 23.5 Å². The Morgan fingerprint density at radius 2 is 1.79 bits per heavy atom. The number of urea groups is 1. The second kappa shape index (κ2) is 9.99. The zero-order chi connectivity index (χ0) is 23.2. The molecule has 4 rings (SSSR count). The number of imide groups is 1. The van der Waals surface area contributed by atoms with Gasteiger partial charge in [0.25, 0.3) is 5.91 Å². The Kier molecular flexibility index (Phi) is 6.69. The van der Waals surface area contributed by atoms with Crippen molar-refractivity contribution in [2.75, 3.05) is 6.61 Å². The number of amides is 3. The van der Waals surface area contributed by atoms with Crippen LogP contribution in [0.5, 0.6) is 0 Å². The smallest absolute Gasteiger partial charge is 0.338 e. The zero-order valence-corrected chi connectivity index (χ0v) is 18.2. The predicted octanol–water partition coefficient (Wildman–Crippen LogP) is 5.00. The number of rotatable bonds is 8. The Bertz CT molecular complexity index is 1180. The minimum Gasteiger partial charge on any atom is -0.462 e. The molecule has 0 spiro atoms. The van der Waals surface area contributed by atoms with Crippen LogP contribution in [0, 0.1) is 0 Å².